The second kappa shape index (κ2) is 11.3. The number of nitrogens with one attached hydrogen (secondary N) is 2. The van der Waals surface area contributed by atoms with Gasteiger partial charge in [-0.05, 0) is 66.2 Å². The number of ether oxygens (including phenoxy) is 1. The third kappa shape index (κ3) is 6.89. The Morgan fingerprint density at radius 1 is 1.03 bits per heavy atom. The summed E-state index contributed by atoms with van der Waals surface area (Å²) < 4.78 is 5.20. The first-order valence-corrected chi connectivity index (χ1v) is 11.7. The molecule has 0 fully saturated rings. The molecule has 0 spiro atoms. The van der Waals surface area contributed by atoms with Crippen LogP contribution in [-0.2, 0) is 4.79 Å². The number of carbonyl (C=O) groups excluding carboxylic acids is 2. The number of carbonyl (C=O) groups is 2. The lowest BCUT2D eigenvalue weighted by Gasteiger charge is -2.04. The van der Waals surface area contributed by atoms with Gasteiger partial charge in [0.15, 0.2) is 11.7 Å². The number of anilines is 2. The van der Waals surface area contributed by atoms with Crippen molar-refractivity contribution in [2.24, 2.45) is 10.8 Å². The van der Waals surface area contributed by atoms with Crippen LogP contribution >= 0.6 is 22.9 Å². The maximum Gasteiger partial charge on any atom is 0.271 e. The van der Waals surface area contributed by atoms with E-state index in [-0.39, 0.29) is 12.5 Å². The molecule has 0 radical (unpaired) electrons. The smallest absolute Gasteiger partial charge is 0.271 e. The van der Waals surface area contributed by atoms with Crippen LogP contribution in [0.25, 0.3) is 11.3 Å². The molecule has 4 N–H and O–H groups in total. The molecule has 35 heavy (non-hydrogen) atoms. The summed E-state index contributed by atoms with van der Waals surface area (Å²) in [4.78, 5) is 27.7. The molecule has 0 aliphatic heterocycles. The van der Waals surface area contributed by atoms with Gasteiger partial charge in [0.2, 0.25) is 0 Å². The minimum absolute atomic E-state index is 0.188. The molecule has 8 nitrogen and oxygen atoms in total. The Hall–Kier alpha value is -4.21. The Labute approximate surface area is 210 Å². The highest BCUT2D eigenvalue weighted by Crippen LogP contribution is 2.27. The molecule has 0 aliphatic carbocycles. The zero-order valence-corrected chi connectivity index (χ0v) is 19.8. The van der Waals surface area contributed by atoms with Crippen molar-refractivity contribution < 1.29 is 14.3 Å². The van der Waals surface area contributed by atoms with Crippen molar-refractivity contribution in [2.45, 2.75) is 0 Å². The van der Waals surface area contributed by atoms with E-state index >= 15 is 0 Å². The number of nitrogens with zero attached hydrogens (tertiary/aromatic N) is 2. The van der Waals surface area contributed by atoms with Crippen LogP contribution in [0.5, 0.6) is 5.75 Å². The lowest BCUT2D eigenvalue weighted by atomic mass is 10.1. The van der Waals surface area contributed by atoms with E-state index in [1.54, 1.807) is 36.4 Å². The van der Waals surface area contributed by atoms with Crippen LogP contribution in [0, 0.1) is 0 Å². The fourth-order valence-electron chi connectivity index (χ4n) is 2.95. The highest BCUT2D eigenvalue weighted by molar-refractivity contribution is 7.14. The van der Waals surface area contributed by atoms with Gasteiger partial charge in [-0.15, -0.1) is 11.3 Å². The maximum absolute atomic E-state index is 12.4. The van der Waals surface area contributed by atoms with Crippen molar-refractivity contribution in [3.05, 3.63) is 94.3 Å². The third-order valence-corrected chi connectivity index (χ3v) is 5.69. The van der Waals surface area contributed by atoms with Gasteiger partial charge in [-0.1, -0.05) is 23.7 Å². The molecule has 4 rings (SSSR count). The maximum atomic E-state index is 12.4. The molecule has 1 aromatic heterocycles. The zero-order chi connectivity index (χ0) is 24.6. The summed E-state index contributed by atoms with van der Waals surface area (Å²) >= 11 is 7.41. The molecule has 2 amide bonds. The summed E-state index contributed by atoms with van der Waals surface area (Å²) in [5, 5.41) is 10.6. The lowest BCUT2D eigenvalue weighted by Crippen LogP contribution is -2.20. The van der Waals surface area contributed by atoms with E-state index in [1.165, 1.54) is 17.6 Å². The van der Waals surface area contributed by atoms with E-state index in [0.29, 0.717) is 16.3 Å². The van der Waals surface area contributed by atoms with E-state index in [9.17, 15) is 9.59 Å². The fraction of sp³-hybridized carbons (Fsp3) is 0.0400. The van der Waals surface area contributed by atoms with Crippen LogP contribution in [0.3, 0.4) is 0 Å². The molecule has 4 aromatic rings. The zero-order valence-electron chi connectivity index (χ0n) is 18.3. The Morgan fingerprint density at radius 3 is 2.43 bits per heavy atom. The largest absolute Gasteiger partial charge is 0.484 e. The molecule has 10 heteroatoms. The van der Waals surface area contributed by atoms with Crippen molar-refractivity contribution >= 4 is 51.8 Å². The summed E-state index contributed by atoms with van der Waals surface area (Å²) in [6.45, 7) is -0.188. The molecule has 0 atom stereocenters. The highest BCUT2D eigenvalue weighted by atomic mass is 35.5. The summed E-state index contributed by atoms with van der Waals surface area (Å²) in [6, 6.07) is 21.3. The normalized spacial score (nSPS) is 10.8. The highest BCUT2D eigenvalue weighted by Gasteiger charge is 2.08. The third-order valence-electron chi connectivity index (χ3n) is 4.68. The fourth-order valence-corrected chi connectivity index (χ4v) is 3.81. The number of amides is 2. The summed E-state index contributed by atoms with van der Waals surface area (Å²) in [5.41, 5.74) is 11.4. The van der Waals surface area contributed by atoms with Gasteiger partial charge in [0.25, 0.3) is 11.8 Å². The molecule has 0 saturated carbocycles. The topological polar surface area (TPSA) is 119 Å². The van der Waals surface area contributed by atoms with Crippen LogP contribution in [0.2, 0.25) is 5.02 Å². The number of hydrogen-bond donors (Lipinski definition) is 3. The second-order valence-electron chi connectivity index (χ2n) is 7.27. The van der Waals surface area contributed by atoms with Crippen molar-refractivity contribution in [2.75, 3.05) is 11.9 Å². The van der Waals surface area contributed by atoms with Crippen LogP contribution in [0.1, 0.15) is 15.9 Å². The SMILES string of the molecule is NC(=O)COc1ccc(/C=N\NC(=O)c2ccc(-c3csc(Nc4ccc(Cl)cc4)n3)cc2)cc1. The molecule has 3 aromatic carbocycles. The second-order valence-corrected chi connectivity index (χ2v) is 8.56. The monoisotopic (exact) mass is 505 g/mol. The number of rotatable bonds is 9. The number of benzene rings is 3. The summed E-state index contributed by atoms with van der Waals surface area (Å²) in [5.74, 6) is -0.371. The number of hydrogen-bond acceptors (Lipinski definition) is 7. The van der Waals surface area contributed by atoms with E-state index in [4.69, 9.17) is 22.1 Å². The molecule has 0 aliphatic rings. The standard InChI is InChI=1S/C25H20ClN5O3S/c26-19-7-9-20(10-8-19)29-25-30-22(15-35-25)17-3-5-18(6-4-17)24(33)31-28-13-16-1-11-21(12-2-16)34-14-23(27)32/h1-13,15H,14H2,(H2,27,32)(H,29,30)(H,31,33)/b28-13-. The van der Waals surface area contributed by atoms with Crippen molar-refractivity contribution in [3.8, 4) is 17.0 Å². The van der Waals surface area contributed by atoms with Crippen molar-refractivity contribution in [3.63, 3.8) is 0 Å². The number of hydrazone groups is 1. The van der Waals surface area contributed by atoms with Gasteiger partial charge < -0.3 is 15.8 Å². The van der Waals surface area contributed by atoms with Gasteiger partial charge in [0.1, 0.15) is 5.75 Å². The Morgan fingerprint density at radius 2 is 1.74 bits per heavy atom. The van der Waals surface area contributed by atoms with Gasteiger partial charge >= 0.3 is 0 Å². The summed E-state index contributed by atoms with van der Waals surface area (Å²) in [7, 11) is 0. The Balaban J connectivity index is 1.31. The number of primary amides is 1. The number of aromatic nitrogens is 1. The van der Waals surface area contributed by atoms with Gasteiger partial charge in [0.05, 0.1) is 11.9 Å². The van der Waals surface area contributed by atoms with Gasteiger partial charge in [-0.25, -0.2) is 10.4 Å². The molecule has 0 unspecified atom stereocenters. The van der Waals surface area contributed by atoms with Crippen LogP contribution in [-0.4, -0.2) is 29.6 Å². The molecule has 176 valence electrons. The van der Waals surface area contributed by atoms with Crippen LogP contribution < -0.4 is 21.2 Å². The number of thiazole rings is 1. The molecular weight excluding hydrogens is 486 g/mol. The lowest BCUT2D eigenvalue weighted by molar-refractivity contribution is -0.119. The molecule has 1 heterocycles. The van der Waals surface area contributed by atoms with Crippen LogP contribution in [0.4, 0.5) is 10.8 Å². The Kier molecular flexibility index (Phi) is 7.71. The minimum Gasteiger partial charge on any atom is -0.484 e. The van der Waals surface area contributed by atoms with Crippen molar-refractivity contribution in [1.82, 2.24) is 10.4 Å². The van der Waals surface area contributed by atoms with Gasteiger partial charge in [-0.2, -0.15) is 5.10 Å². The average molecular weight is 506 g/mol. The first kappa shape index (κ1) is 23.9. The first-order chi connectivity index (χ1) is 17.0. The molecular formula is C25H20ClN5O3S. The number of nitrogens with two attached hydrogens (primary N) is 1. The van der Waals surface area contributed by atoms with Crippen molar-refractivity contribution in [1.29, 1.82) is 0 Å². The predicted octanol–water partition coefficient (Wildman–Crippen LogP) is 4.84. The quantitative estimate of drug-likeness (QED) is 0.222. The molecule has 0 bridgehead atoms. The first-order valence-electron chi connectivity index (χ1n) is 10.4. The van der Waals surface area contributed by atoms with Gasteiger partial charge in [0, 0.05) is 27.2 Å². The average Bonchev–Trinajstić information content (AvgIpc) is 3.33. The van der Waals surface area contributed by atoms with E-state index in [0.717, 1.165) is 27.6 Å². The van der Waals surface area contributed by atoms with E-state index < -0.39 is 5.91 Å². The predicted molar refractivity (Wildman–Crippen MR) is 138 cm³/mol. The van der Waals surface area contributed by atoms with E-state index in [2.05, 4.69) is 20.8 Å². The summed E-state index contributed by atoms with van der Waals surface area (Å²) in [6.07, 6.45) is 1.51. The molecule has 0 saturated heterocycles. The van der Waals surface area contributed by atoms with E-state index in [1.807, 2.05) is 41.8 Å². The van der Waals surface area contributed by atoms with Crippen LogP contribution in [0.15, 0.2) is 83.3 Å². The Bertz CT molecular complexity index is 1340. The minimum atomic E-state index is -0.547. The van der Waals surface area contributed by atoms with Gasteiger partial charge in [-0.3, -0.25) is 9.59 Å². The number of halogens is 1.